The molecule has 0 bridgehead atoms. The van der Waals surface area contributed by atoms with Crippen molar-refractivity contribution in [3.05, 3.63) is 17.7 Å². The van der Waals surface area contributed by atoms with E-state index in [1.807, 2.05) is 20.8 Å². The summed E-state index contributed by atoms with van der Waals surface area (Å²) in [4.78, 5) is 23.1. The molecule has 1 aliphatic heterocycles. The van der Waals surface area contributed by atoms with Crippen molar-refractivity contribution in [2.24, 2.45) is 0 Å². The van der Waals surface area contributed by atoms with Crippen LogP contribution >= 0.6 is 0 Å². The first-order chi connectivity index (χ1) is 9.84. The molecule has 2 N–H and O–H groups in total. The smallest absolute Gasteiger partial charge is 0.274 e. The van der Waals surface area contributed by atoms with E-state index in [4.69, 9.17) is 0 Å². The van der Waals surface area contributed by atoms with Crippen molar-refractivity contribution < 1.29 is 9.90 Å². The van der Waals surface area contributed by atoms with Gasteiger partial charge in [-0.3, -0.25) is 4.79 Å². The predicted octanol–water partition coefficient (Wildman–Crippen LogP) is 1.63. The van der Waals surface area contributed by atoms with E-state index in [2.05, 4.69) is 15.3 Å². The normalized spacial score (nSPS) is 17.9. The lowest BCUT2D eigenvalue weighted by atomic mass is 9.93. The molecule has 0 atom stereocenters. The lowest BCUT2D eigenvalue weighted by Crippen LogP contribution is -2.45. The number of carbonyl (C=O) groups excluding carboxylic acids is 1. The van der Waals surface area contributed by atoms with Gasteiger partial charge in [0, 0.05) is 26.1 Å². The molecule has 2 rings (SSSR count). The van der Waals surface area contributed by atoms with Crippen LogP contribution in [0.25, 0.3) is 0 Å². The third-order valence-electron chi connectivity index (χ3n) is 3.92. The zero-order chi connectivity index (χ0) is 15.6. The van der Waals surface area contributed by atoms with Crippen LogP contribution in [-0.4, -0.2) is 51.6 Å². The molecule has 1 aromatic heterocycles. The van der Waals surface area contributed by atoms with Gasteiger partial charge in [0.25, 0.3) is 5.91 Å². The van der Waals surface area contributed by atoms with Gasteiger partial charge in [-0.1, -0.05) is 13.8 Å². The highest BCUT2D eigenvalue weighted by atomic mass is 16.3. The molecule has 1 aliphatic rings. The molecule has 2 heterocycles. The first-order valence-corrected chi connectivity index (χ1v) is 7.40. The molecule has 21 heavy (non-hydrogen) atoms. The Morgan fingerprint density at radius 3 is 2.57 bits per heavy atom. The van der Waals surface area contributed by atoms with Gasteiger partial charge in [-0.05, 0) is 19.8 Å². The van der Waals surface area contributed by atoms with Crippen LogP contribution in [0.5, 0.6) is 0 Å². The van der Waals surface area contributed by atoms with E-state index >= 15 is 0 Å². The van der Waals surface area contributed by atoms with Crippen molar-refractivity contribution in [3.8, 4) is 0 Å². The average molecular weight is 292 g/mol. The Balaban J connectivity index is 2.24. The molecule has 0 aromatic carbocycles. The van der Waals surface area contributed by atoms with Gasteiger partial charge >= 0.3 is 0 Å². The highest BCUT2D eigenvalue weighted by Gasteiger charge is 2.31. The number of aliphatic hydroxyl groups is 1. The minimum atomic E-state index is -0.669. The van der Waals surface area contributed by atoms with Gasteiger partial charge in [0.2, 0.25) is 0 Å². The van der Waals surface area contributed by atoms with Gasteiger partial charge in [-0.15, -0.1) is 0 Å². The number of hydrogen-bond acceptors (Lipinski definition) is 5. The van der Waals surface area contributed by atoms with Gasteiger partial charge in [0.1, 0.15) is 5.82 Å². The second-order valence-electron chi connectivity index (χ2n) is 6.18. The SMILES string of the molecule is CNc1cnc(C(C)C)nc1C(=O)N1CCC(C)(O)CC1. The number of anilines is 1. The van der Waals surface area contributed by atoms with Crippen LogP contribution in [0.1, 0.15) is 55.8 Å². The zero-order valence-electron chi connectivity index (χ0n) is 13.2. The van der Waals surface area contributed by atoms with Crippen molar-refractivity contribution in [2.75, 3.05) is 25.5 Å². The molecule has 0 radical (unpaired) electrons. The Hall–Kier alpha value is -1.69. The summed E-state index contributed by atoms with van der Waals surface area (Å²) in [6.45, 7) is 6.92. The molecular weight excluding hydrogens is 268 g/mol. The van der Waals surface area contributed by atoms with Crippen LogP contribution in [-0.2, 0) is 0 Å². The number of aromatic nitrogens is 2. The summed E-state index contributed by atoms with van der Waals surface area (Å²) >= 11 is 0. The number of likely N-dealkylation sites (tertiary alicyclic amines) is 1. The zero-order valence-corrected chi connectivity index (χ0v) is 13.2. The maximum Gasteiger partial charge on any atom is 0.274 e. The number of nitrogens with one attached hydrogen (secondary N) is 1. The Morgan fingerprint density at radius 2 is 2.05 bits per heavy atom. The number of carbonyl (C=O) groups is 1. The summed E-state index contributed by atoms with van der Waals surface area (Å²) in [6.07, 6.45) is 2.85. The van der Waals surface area contributed by atoms with E-state index in [1.165, 1.54) is 0 Å². The maximum absolute atomic E-state index is 12.7. The van der Waals surface area contributed by atoms with Crippen LogP contribution in [0.3, 0.4) is 0 Å². The third kappa shape index (κ3) is 3.50. The number of amides is 1. The van der Waals surface area contributed by atoms with E-state index in [0.717, 1.165) is 0 Å². The first kappa shape index (κ1) is 15.7. The fourth-order valence-electron chi connectivity index (χ4n) is 2.36. The summed E-state index contributed by atoms with van der Waals surface area (Å²) < 4.78 is 0. The Morgan fingerprint density at radius 1 is 1.43 bits per heavy atom. The maximum atomic E-state index is 12.7. The third-order valence-corrected chi connectivity index (χ3v) is 3.92. The first-order valence-electron chi connectivity index (χ1n) is 7.40. The quantitative estimate of drug-likeness (QED) is 0.885. The second kappa shape index (κ2) is 5.97. The molecule has 1 saturated heterocycles. The van der Waals surface area contributed by atoms with Crippen LogP contribution in [0.15, 0.2) is 6.20 Å². The molecule has 6 heteroatoms. The molecule has 0 aliphatic carbocycles. The predicted molar refractivity (Wildman–Crippen MR) is 81.4 cm³/mol. The highest BCUT2D eigenvalue weighted by molar-refractivity contribution is 5.97. The van der Waals surface area contributed by atoms with Gasteiger partial charge in [-0.25, -0.2) is 9.97 Å². The van der Waals surface area contributed by atoms with Crippen molar-refractivity contribution in [2.45, 2.75) is 45.1 Å². The van der Waals surface area contributed by atoms with E-state index in [0.29, 0.717) is 43.1 Å². The monoisotopic (exact) mass is 292 g/mol. The standard InChI is InChI=1S/C15H24N4O2/c1-10(2)13-17-9-11(16-4)12(18-13)14(20)19-7-5-15(3,21)6-8-19/h9-10,16,21H,5-8H2,1-4H3. The van der Waals surface area contributed by atoms with Crippen molar-refractivity contribution in [1.82, 2.24) is 14.9 Å². The second-order valence-corrected chi connectivity index (χ2v) is 6.18. The molecule has 0 spiro atoms. The Kier molecular flexibility index (Phi) is 4.46. The lowest BCUT2D eigenvalue weighted by Gasteiger charge is -2.35. The number of hydrogen-bond donors (Lipinski definition) is 2. The molecule has 1 aromatic rings. The van der Waals surface area contributed by atoms with E-state index < -0.39 is 5.60 Å². The van der Waals surface area contributed by atoms with Crippen molar-refractivity contribution in [3.63, 3.8) is 0 Å². The van der Waals surface area contributed by atoms with Crippen LogP contribution in [0, 0.1) is 0 Å². The summed E-state index contributed by atoms with van der Waals surface area (Å²) in [5.74, 6) is 0.741. The topological polar surface area (TPSA) is 78.4 Å². The fourth-order valence-corrected chi connectivity index (χ4v) is 2.36. The average Bonchev–Trinajstić information content (AvgIpc) is 2.45. The minimum absolute atomic E-state index is 0.0980. The molecule has 6 nitrogen and oxygen atoms in total. The van der Waals surface area contributed by atoms with E-state index in [1.54, 1.807) is 18.1 Å². The Bertz CT molecular complexity index is 518. The van der Waals surface area contributed by atoms with Crippen LogP contribution < -0.4 is 5.32 Å². The van der Waals surface area contributed by atoms with Crippen LogP contribution in [0.4, 0.5) is 5.69 Å². The summed E-state index contributed by atoms with van der Waals surface area (Å²) in [7, 11) is 1.76. The van der Waals surface area contributed by atoms with Gasteiger partial charge in [0.05, 0.1) is 17.5 Å². The largest absolute Gasteiger partial charge is 0.390 e. The molecule has 0 saturated carbocycles. The van der Waals surface area contributed by atoms with Gasteiger partial charge in [-0.2, -0.15) is 0 Å². The van der Waals surface area contributed by atoms with Crippen LogP contribution in [0.2, 0.25) is 0 Å². The van der Waals surface area contributed by atoms with E-state index in [9.17, 15) is 9.90 Å². The van der Waals surface area contributed by atoms with Gasteiger partial charge in [0.15, 0.2) is 5.69 Å². The molecule has 1 fully saturated rings. The fraction of sp³-hybridized carbons (Fsp3) is 0.667. The molecule has 116 valence electrons. The molecule has 1 amide bonds. The highest BCUT2D eigenvalue weighted by Crippen LogP contribution is 2.24. The number of piperidine rings is 1. The van der Waals surface area contributed by atoms with Crippen molar-refractivity contribution >= 4 is 11.6 Å². The summed E-state index contributed by atoms with van der Waals surface area (Å²) in [5.41, 5.74) is 0.386. The summed E-state index contributed by atoms with van der Waals surface area (Å²) in [5, 5.41) is 13.0. The molecular formula is C15H24N4O2. The molecule has 0 unspecified atom stereocenters. The number of rotatable bonds is 3. The summed E-state index contributed by atoms with van der Waals surface area (Å²) in [6, 6.07) is 0. The van der Waals surface area contributed by atoms with Crippen molar-refractivity contribution in [1.29, 1.82) is 0 Å². The van der Waals surface area contributed by atoms with Gasteiger partial charge < -0.3 is 15.3 Å². The number of nitrogens with zero attached hydrogens (tertiary/aromatic N) is 3. The minimum Gasteiger partial charge on any atom is -0.390 e. The lowest BCUT2D eigenvalue weighted by molar-refractivity contribution is -0.00217. The van der Waals surface area contributed by atoms with E-state index in [-0.39, 0.29) is 11.8 Å². The Labute approximate surface area is 125 Å².